The number of aliphatic carboxylic acids is 1. The fraction of sp³-hybridized carbons (Fsp3) is 0.500. The Labute approximate surface area is 108 Å². The van der Waals surface area contributed by atoms with Gasteiger partial charge < -0.3 is 15.2 Å². The number of carbonyl (C=O) groups excluding carboxylic acids is 1. The molecule has 1 atom stereocenters. The van der Waals surface area contributed by atoms with Gasteiger partial charge in [-0.1, -0.05) is 0 Å². The molecule has 1 unspecified atom stereocenters. The van der Waals surface area contributed by atoms with Crippen molar-refractivity contribution in [3.05, 3.63) is 21.4 Å². The van der Waals surface area contributed by atoms with Crippen LogP contribution in [0.3, 0.4) is 0 Å². The van der Waals surface area contributed by atoms with Crippen LogP contribution in [0.4, 0.5) is 4.79 Å². The van der Waals surface area contributed by atoms with Crippen LogP contribution < -0.4 is 5.32 Å². The Morgan fingerprint density at radius 1 is 1.44 bits per heavy atom. The second-order valence-electron chi connectivity index (χ2n) is 4.64. The highest BCUT2D eigenvalue weighted by Crippen LogP contribution is 2.39. The largest absolute Gasteiger partial charge is 0.478 e. The number of carboxylic acid groups (broad SMARTS) is 1. The maximum absolute atomic E-state index is 11.5. The number of fused-ring (bicyclic) bond motifs is 1. The molecule has 1 saturated heterocycles. The van der Waals surface area contributed by atoms with Crippen LogP contribution in [0, 0.1) is 0 Å². The first-order valence-corrected chi connectivity index (χ1v) is 6.76. The topological polar surface area (TPSA) is 75.6 Å². The third-order valence-electron chi connectivity index (χ3n) is 3.49. The average Bonchev–Trinajstić information content (AvgIpc) is 2.92. The van der Waals surface area contributed by atoms with Gasteiger partial charge in [-0.05, 0) is 37.3 Å². The molecule has 6 heteroatoms. The van der Waals surface area contributed by atoms with E-state index in [0.717, 1.165) is 25.7 Å². The molecular formula is C12H13NO4S. The number of cyclic esters (lactones) is 1. The van der Waals surface area contributed by atoms with Crippen molar-refractivity contribution in [3.8, 4) is 0 Å². The lowest BCUT2D eigenvalue weighted by Crippen LogP contribution is -2.38. The van der Waals surface area contributed by atoms with Crippen LogP contribution in [-0.2, 0) is 28.0 Å². The van der Waals surface area contributed by atoms with Crippen molar-refractivity contribution in [2.45, 2.75) is 31.3 Å². The zero-order valence-corrected chi connectivity index (χ0v) is 10.5. The second kappa shape index (κ2) is 3.98. The van der Waals surface area contributed by atoms with Crippen molar-refractivity contribution in [2.75, 3.05) is 6.54 Å². The molecule has 2 aliphatic rings. The van der Waals surface area contributed by atoms with Crippen LogP contribution in [0.5, 0.6) is 0 Å². The molecule has 2 N–H and O–H groups in total. The molecule has 1 fully saturated rings. The molecule has 0 spiro atoms. The lowest BCUT2D eigenvalue weighted by molar-refractivity contribution is -0.155. The predicted octanol–water partition coefficient (Wildman–Crippen LogP) is 1.65. The number of alkyl carbamates (subject to hydrolysis) is 1. The standard InChI is InChI=1S/C12H13NO4S/c14-10(15)12(6-13-11(16)17-12)9-5-7-3-1-2-4-8(7)18-9/h5H,1-4,6H2,(H,13,16)(H,14,15). The zero-order chi connectivity index (χ0) is 12.8. The smallest absolute Gasteiger partial charge is 0.408 e. The highest BCUT2D eigenvalue weighted by Gasteiger charge is 2.51. The van der Waals surface area contributed by atoms with Gasteiger partial charge in [-0.15, -0.1) is 11.3 Å². The molecule has 1 aliphatic carbocycles. The number of nitrogens with one attached hydrogen (secondary N) is 1. The fourth-order valence-electron chi connectivity index (χ4n) is 2.48. The summed E-state index contributed by atoms with van der Waals surface area (Å²) in [4.78, 5) is 24.5. The Morgan fingerprint density at radius 3 is 2.83 bits per heavy atom. The summed E-state index contributed by atoms with van der Waals surface area (Å²) in [6.07, 6.45) is 3.61. The minimum atomic E-state index is -1.53. The van der Waals surface area contributed by atoms with E-state index in [-0.39, 0.29) is 6.54 Å². The van der Waals surface area contributed by atoms with Gasteiger partial charge in [0.05, 0.1) is 11.4 Å². The molecule has 0 radical (unpaired) electrons. The van der Waals surface area contributed by atoms with Crippen LogP contribution >= 0.6 is 11.3 Å². The molecular weight excluding hydrogens is 254 g/mol. The zero-order valence-electron chi connectivity index (χ0n) is 9.69. The number of carboxylic acids is 1. The molecule has 1 aromatic heterocycles. The number of amides is 1. The number of carbonyl (C=O) groups is 2. The molecule has 0 saturated carbocycles. The third kappa shape index (κ3) is 1.59. The summed E-state index contributed by atoms with van der Waals surface area (Å²) in [6.45, 7) is 0.000556. The van der Waals surface area contributed by atoms with Crippen molar-refractivity contribution in [1.29, 1.82) is 0 Å². The average molecular weight is 267 g/mol. The Kier molecular flexibility index (Phi) is 2.55. The van der Waals surface area contributed by atoms with E-state index >= 15 is 0 Å². The summed E-state index contributed by atoms with van der Waals surface area (Å²) in [7, 11) is 0. The minimum absolute atomic E-state index is 0.000556. The summed E-state index contributed by atoms with van der Waals surface area (Å²) in [5.41, 5.74) is -0.316. The van der Waals surface area contributed by atoms with Gasteiger partial charge in [0.1, 0.15) is 0 Å². The number of aryl methyl sites for hydroxylation is 2. The van der Waals surface area contributed by atoms with E-state index < -0.39 is 17.7 Å². The van der Waals surface area contributed by atoms with E-state index in [1.165, 1.54) is 21.8 Å². The molecule has 3 rings (SSSR count). The minimum Gasteiger partial charge on any atom is -0.478 e. The Morgan fingerprint density at radius 2 is 2.22 bits per heavy atom. The van der Waals surface area contributed by atoms with E-state index in [2.05, 4.69) is 5.32 Å². The number of hydrogen-bond acceptors (Lipinski definition) is 4. The summed E-state index contributed by atoms with van der Waals surface area (Å²) in [6, 6.07) is 1.90. The number of ether oxygens (including phenoxy) is 1. The molecule has 1 amide bonds. The monoisotopic (exact) mass is 267 g/mol. The van der Waals surface area contributed by atoms with Crippen molar-refractivity contribution in [3.63, 3.8) is 0 Å². The quantitative estimate of drug-likeness (QED) is 0.854. The summed E-state index contributed by atoms with van der Waals surface area (Å²) >= 11 is 1.46. The molecule has 2 heterocycles. The lowest BCUT2D eigenvalue weighted by atomic mass is 9.96. The second-order valence-corrected chi connectivity index (χ2v) is 5.78. The van der Waals surface area contributed by atoms with E-state index in [0.29, 0.717) is 4.88 Å². The van der Waals surface area contributed by atoms with Crippen molar-refractivity contribution < 1.29 is 19.4 Å². The number of hydrogen-bond donors (Lipinski definition) is 2. The summed E-state index contributed by atoms with van der Waals surface area (Å²) in [5.74, 6) is -1.11. The number of thiophene rings is 1. The van der Waals surface area contributed by atoms with Crippen LogP contribution in [0.1, 0.15) is 28.2 Å². The molecule has 1 aliphatic heterocycles. The van der Waals surface area contributed by atoms with E-state index in [1.54, 1.807) is 0 Å². The number of rotatable bonds is 2. The van der Waals surface area contributed by atoms with Crippen LogP contribution in [0.15, 0.2) is 6.07 Å². The van der Waals surface area contributed by atoms with Crippen LogP contribution in [0.25, 0.3) is 0 Å². The van der Waals surface area contributed by atoms with Gasteiger partial charge in [0.2, 0.25) is 0 Å². The van der Waals surface area contributed by atoms with Crippen LogP contribution in [0.2, 0.25) is 0 Å². The molecule has 1 aromatic rings. The molecule has 0 bridgehead atoms. The lowest BCUT2D eigenvalue weighted by Gasteiger charge is -2.19. The first-order chi connectivity index (χ1) is 8.62. The molecule has 0 aromatic carbocycles. The van der Waals surface area contributed by atoms with Crippen molar-refractivity contribution in [1.82, 2.24) is 5.32 Å². The van der Waals surface area contributed by atoms with Gasteiger partial charge in [-0.25, -0.2) is 9.59 Å². The van der Waals surface area contributed by atoms with E-state index in [4.69, 9.17) is 4.74 Å². The normalized spacial score (nSPS) is 26.3. The Hall–Kier alpha value is -1.56. The SMILES string of the molecule is O=C1NCC(C(=O)O)(c2cc3c(s2)CCCC3)O1. The highest BCUT2D eigenvalue weighted by molar-refractivity contribution is 7.12. The van der Waals surface area contributed by atoms with Gasteiger partial charge in [0.25, 0.3) is 5.60 Å². The Bertz CT molecular complexity index is 501. The fourth-order valence-corrected chi connectivity index (χ4v) is 3.85. The van der Waals surface area contributed by atoms with Gasteiger partial charge in [-0.3, -0.25) is 0 Å². The van der Waals surface area contributed by atoms with E-state index in [9.17, 15) is 14.7 Å². The first-order valence-electron chi connectivity index (χ1n) is 5.94. The molecule has 18 heavy (non-hydrogen) atoms. The Balaban J connectivity index is 2.03. The third-order valence-corrected chi connectivity index (χ3v) is 4.87. The van der Waals surface area contributed by atoms with Gasteiger partial charge >= 0.3 is 12.1 Å². The van der Waals surface area contributed by atoms with Gasteiger partial charge in [-0.2, -0.15) is 0 Å². The van der Waals surface area contributed by atoms with Crippen molar-refractivity contribution in [2.24, 2.45) is 0 Å². The summed E-state index contributed by atoms with van der Waals surface area (Å²) in [5, 5.41) is 11.8. The summed E-state index contributed by atoms with van der Waals surface area (Å²) < 4.78 is 5.04. The highest BCUT2D eigenvalue weighted by atomic mass is 32.1. The van der Waals surface area contributed by atoms with Gasteiger partial charge in [0.15, 0.2) is 0 Å². The molecule has 5 nitrogen and oxygen atoms in total. The molecule has 96 valence electrons. The van der Waals surface area contributed by atoms with Crippen molar-refractivity contribution >= 4 is 23.4 Å². The van der Waals surface area contributed by atoms with Gasteiger partial charge in [0, 0.05) is 4.88 Å². The van der Waals surface area contributed by atoms with E-state index in [1.807, 2.05) is 6.07 Å². The predicted molar refractivity (Wildman–Crippen MR) is 64.8 cm³/mol. The van der Waals surface area contributed by atoms with Crippen LogP contribution in [-0.4, -0.2) is 23.7 Å². The maximum Gasteiger partial charge on any atom is 0.408 e. The first kappa shape index (κ1) is 11.5. The maximum atomic E-state index is 11.5.